The molecule has 0 bridgehead atoms. The standard InChI is InChI=1S/C61H38N4/c1-4-12-41(13-5-1)55-34-30-43-24-25-44-31-35-56(63-60(44)59(43)62-55)49-29-33-52-48(37-49)27-26-47-36-45(28-32-51(47)52)39-20-22-40(23-21-39)54-38-46-16-10-11-19-53(46)61-57(54)58(42-14-6-2-7-15-42)64-65(61)50-17-8-3-9-18-50/h1-38H. The van der Waals surface area contributed by atoms with Crippen molar-refractivity contribution in [2.45, 2.75) is 0 Å². The molecule has 0 saturated heterocycles. The van der Waals surface area contributed by atoms with E-state index < -0.39 is 0 Å². The van der Waals surface area contributed by atoms with Crippen LogP contribution in [0.5, 0.6) is 0 Å². The largest absolute Gasteiger partial charge is 0.245 e. The summed E-state index contributed by atoms with van der Waals surface area (Å²) in [6.45, 7) is 0. The van der Waals surface area contributed by atoms with Gasteiger partial charge in [-0.25, -0.2) is 14.6 Å². The number of pyridine rings is 2. The third kappa shape index (κ3) is 6.26. The van der Waals surface area contributed by atoms with Crippen LogP contribution < -0.4 is 0 Å². The second-order valence-electron chi connectivity index (χ2n) is 16.8. The first-order chi connectivity index (χ1) is 32.2. The van der Waals surface area contributed by atoms with E-state index in [1.165, 1.54) is 43.4 Å². The molecule has 0 atom stereocenters. The maximum atomic E-state index is 5.35. The summed E-state index contributed by atoms with van der Waals surface area (Å²) in [5.41, 5.74) is 14.8. The first-order valence-corrected chi connectivity index (χ1v) is 22.1. The zero-order valence-electron chi connectivity index (χ0n) is 35.2. The summed E-state index contributed by atoms with van der Waals surface area (Å²) in [7, 11) is 0. The summed E-state index contributed by atoms with van der Waals surface area (Å²) >= 11 is 0. The van der Waals surface area contributed by atoms with Crippen LogP contribution in [0, 0.1) is 0 Å². The highest BCUT2D eigenvalue weighted by atomic mass is 15.3. The van der Waals surface area contributed by atoms with Gasteiger partial charge in [0.2, 0.25) is 0 Å². The maximum absolute atomic E-state index is 5.35. The fraction of sp³-hybridized carbons (Fsp3) is 0. The Labute approximate surface area is 375 Å². The van der Waals surface area contributed by atoms with Gasteiger partial charge in [0.1, 0.15) is 5.69 Å². The fourth-order valence-electron chi connectivity index (χ4n) is 9.72. The minimum absolute atomic E-state index is 0.915. The van der Waals surface area contributed by atoms with Crippen LogP contribution in [-0.4, -0.2) is 19.7 Å². The molecule has 0 aliphatic rings. The molecule has 0 aliphatic carbocycles. The molecule has 13 aromatic rings. The molecule has 0 saturated carbocycles. The molecule has 0 radical (unpaired) electrons. The lowest BCUT2D eigenvalue weighted by Crippen LogP contribution is -1.96. The molecule has 10 aromatic carbocycles. The van der Waals surface area contributed by atoms with Gasteiger partial charge in [-0.2, -0.15) is 5.10 Å². The van der Waals surface area contributed by atoms with Crippen molar-refractivity contribution in [1.82, 2.24) is 19.7 Å². The highest BCUT2D eigenvalue weighted by Gasteiger charge is 2.21. The Morgan fingerprint density at radius 1 is 0.308 bits per heavy atom. The normalized spacial score (nSPS) is 11.7. The van der Waals surface area contributed by atoms with Crippen molar-refractivity contribution in [3.8, 4) is 61.7 Å². The van der Waals surface area contributed by atoms with Crippen molar-refractivity contribution in [1.29, 1.82) is 0 Å². The molecular weight excluding hydrogens is 789 g/mol. The number of nitrogens with zero attached hydrogens (tertiary/aromatic N) is 4. The Bertz CT molecular complexity index is 3970. The van der Waals surface area contributed by atoms with Gasteiger partial charge >= 0.3 is 0 Å². The maximum Gasteiger partial charge on any atom is 0.101 e. The molecule has 3 heterocycles. The Kier molecular flexibility index (Phi) is 8.50. The van der Waals surface area contributed by atoms with Crippen molar-refractivity contribution in [2.24, 2.45) is 0 Å². The van der Waals surface area contributed by atoms with Crippen LogP contribution in [0.1, 0.15) is 0 Å². The minimum atomic E-state index is 0.915. The lowest BCUT2D eigenvalue weighted by Gasteiger charge is -2.12. The average Bonchev–Trinajstić information content (AvgIpc) is 3.80. The predicted molar refractivity (Wildman–Crippen MR) is 271 cm³/mol. The van der Waals surface area contributed by atoms with Crippen molar-refractivity contribution in [2.75, 3.05) is 0 Å². The van der Waals surface area contributed by atoms with Crippen LogP contribution in [0.15, 0.2) is 231 Å². The summed E-state index contributed by atoms with van der Waals surface area (Å²) in [5, 5.41) is 15.9. The molecule has 13 rings (SSSR count). The number of aromatic nitrogens is 4. The van der Waals surface area contributed by atoms with E-state index in [4.69, 9.17) is 15.1 Å². The highest BCUT2D eigenvalue weighted by Crippen LogP contribution is 2.42. The highest BCUT2D eigenvalue weighted by molar-refractivity contribution is 6.17. The molecular formula is C61H38N4. The number of benzene rings is 10. The Morgan fingerprint density at radius 2 is 0.800 bits per heavy atom. The fourth-order valence-corrected chi connectivity index (χ4v) is 9.72. The van der Waals surface area contributed by atoms with E-state index in [1.807, 2.05) is 6.07 Å². The Balaban J connectivity index is 0.863. The number of hydrogen-bond acceptors (Lipinski definition) is 3. The Morgan fingerprint density at radius 3 is 1.48 bits per heavy atom. The van der Waals surface area contributed by atoms with Crippen LogP contribution >= 0.6 is 0 Å². The van der Waals surface area contributed by atoms with Gasteiger partial charge in [-0.3, -0.25) is 0 Å². The van der Waals surface area contributed by atoms with E-state index in [0.29, 0.717) is 0 Å². The van der Waals surface area contributed by atoms with E-state index in [-0.39, 0.29) is 0 Å². The molecule has 302 valence electrons. The van der Waals surface area contributed by atoms with E-state index in [2.05, 4.69) is 229 Å². The van der Waals surface area contributed by atoms with Crippen molar-refractivity contribution in [3.63, 3.8) is 0 Å². The molecule has 65 heavy (non-hydrogen) atoms. The van der Waals surface area contributed by atoms with Gasteiger partial charge in [-0.05, 0) is 91.6 Å². The smallest absolute Gasteiger partial charge is 0.101 e. The van der Waals surface area contributed by atoms with Gasteiger partial charge in [0.05, 0.1) is 33.6 Å². The molecule has 4 heteroatoms. The van der Waals surface area contributed by atoms with Gasteiger partial charge in [-0.15, -0.1) is 0 Å². The van der Waals surface area contributed by atoms with E-state index in [9.17, 15) is 0 Å². The topological polar surface area (TPSA) is 43.6 Å². The number of hydrogen-bond donors (Lipinski definition) is 0. The first-order valence-electron chi connectivity index (χ1n) is 22.1. The SMILES string of the molecule is c1ccc(-c2ccc3ccc4ccc(-c5ccc6c(ccc7cc(-c8ccc(-c9cc%10ccccc%10c%10c9c(-c9ccccc9)nn%10-c9ccccc9)cc8)ccc76)c5)nc4c3n2)cc1. The second kappa shape index (κ2) is 15.0. The molecule has 0 aliphatic heterocycles. The zero-order valence-corrected chi connectivity index (χ0v) is 35.2. The lowest BCUT2D eigenvalue weighted by atomic mass is 9.92. The van der Waals surface area contributed by atoms with Gasteiger partial charge in [-0.1, -0.05) is 188 Å². The van der Waals surface area contributed by atoms with Crippen molar-refractivity contribution in [3.05, 3.63) is 231 Å². The van der Waals surface area contributed by atoms with Crippen molar-refractivity contribution >= 4 is 65.0 Å². The first kappa shape index (κ1) is 36.9. The van der Waals surface area contributed by atoms with E-state index in [0.717, 1.165) is 83.3 Å². The Hall–Kier alpha value is -8.73. The molecule has 0 unspecified atom stereocenters. The summed E-state index contributed by atoms with van der Waals surface area (Å²) in [4.78, 5) is 10.4. The number of para-hydroxylation sites is 1. The minimum Gasteiger partial charge on any atom is -0.245 e. The summed E-state index contributed by atoms with van der Waals surface area (Å²) in [6.07, 6.45) is 0. The monoisotopic (exact) mass is 826 g/mol. The van der Waals surface area contributed by atoms with Gasteiger partial charge < -0.3 is 0 Å². The molecule has 3 aromatic heterocycles. The zero-order chi connectivity index (χ0) is 42.8. The third-order valence-corrected chi connectivity index (χ3v) is 13.0. The molecule has 0 amide bonds. The van der Waals surface area contributed by atoms with Crippen molar-refractivity contribution < 1.29 is 0 Å². The summed E-state index contributed by atoms with van der Waals surface area (Å²) in [5.74, 6) is 0. The molecule has 4 nitrogen and oxygen atoms in total. The third-order valence-electron chi connectivity index (χ3n) is 13.0. The van der Waals surface area contributed by atoms with E-state index in [1.54, 1.807) is 0 Å². The molecule has 0 spiro atoms. The van der Waals surface area contributed by atoms with Crippen LogP contribution in [0.2, 0.25) is 0 Å². The second-order valence-corrected chi connectivity index (χ2v) is 16.8. The number of rotatable bonds is 6. The van der Waals surface area contributed by atoms with Crippen LogP contribution in [-0.2, 0) is 0 Å². The van der Waals surface area contributed by atoms with E-state index >= 15 is 0 Å². The van der Waals surface area contributed by atoms with Crippen LogP contribution in [0.3, 0.4) is 0 Å². The molecule has 0 fully saturated rings. The van der Waals surface area contributed by atoms with Crippen LogP contribution in [0.4, 0.5) is 0 Å². The molecule has 0 N–H and O–H groups in total. The van der Waals surface area contributed by atoms with Gasteiger partial charge in [0.25, 0.3) is 0 Å². The number of fused-ring (bicyclic) bond motifs is 9. The summed E-state index contributed by atoms with van der Waals surface area (Å²) < 4.78 is 2.12. The van der Waals surface area contributed by atoms with Crippen LogP contribution in [0.25, 0.3) is 127 Å². The van der Waals surface area contributed by atoms with Gasteiger partial charge in [0, 0.05) is 38.2 Å². The lowest BCUT2D eigenvalue weighted by molar-refractivity contribution is 0.918. The predicted octanol–water partition coefficient (Wildman–Crippen LogP) is 15.9. The summed E-state index contributed by atoms with van der Waals surface area (Å²) in [6, 6.07) is 82.2. The average molecular weight is 827 g/mol. The van der Waals surface area contributed by atoms with Gasteiger partial charge in [0.15, 0.2) is 0 Å². The quantitative estimate of drug-likeness (QED) is 0.157.